The fourth-order valence-electron chi connectivity index (χ4n) is 3.15. The molecule has 2 atom stereocenters. The molecule has 2 rings (SSSR count). The molecular weight excluding hydrogens is 368 g/mol. The van der Waals surface area contributed by atoms with Gasteiger partial charge in [-0.1, -0.05) is 60.8 Å². The third kappa shape index (κ3) is 8.00. The summed E-state index contributed by atoms with van der Waals surface area (Å²) >= 11 is 0. The monoisotopic (exact) mass is 406 g/mol. The highest BCUT2D eigenvalue weighted by Crippen LogP contribution is 2.31. The third-order valence-electron chi connectivity index (χ3n) is 4.61. The molecule has 1 heterocycles. The van der Waals surface area contributed by atoms with E-state index in [1.165, 1.54) is 6.92 Å². The van der Waals surface area contributed by atoms with Gasteiger partial charge >= 0.3 is 11.9 Å². The molecule has 2 unspecified atom stereocenters. The van der Waals surface area contributed by atoms with Crippen LogP contribution in [0, 0.1) is 11.8 Å². The molecule has 1 aliphatic heterocycles. The summed E-state index contributed by atoms with van der Waals surface area (Å²) in [7, 11) is 0. The van der Waals surface area contributed by atoms with Crippen molar-refractivity contribution in [2.24, 2.45) is 11.8 Å². The number of carbonyl (C=O) groups excluding carboxylic acids is 3. The minimum Gasteiger partial charge on any atom is -0.460 e. The zero-order valence-electron chi connectivity index (χ0n) is 19.2. The summed E-state index contributed by atoms with van der Waals surface area (Å²) in [5.74, 6) is -1.45. The van der Waals surface area contributed by atoms with Crippen LogP contribution in [0.4, 0.5) is 0 Å². The maximum atomic E-state index is 12.7. The molecule has 0 spiro atoms. The lowest BCUT2D eigenvalue weighted by molar-refractivity contribution is -0.157. The highest BCUT2D eigenvalue weighted by molar-refractivity contribution is 5.94. The van der Waals surface area contributed by atoms with Gasteiger partial charge in [-0.05, 0) is 38.0 Å². The molecule has 1 aromatic rings. The molecule has 1 aliphatic rings. The Hall–Kier alpha value is -2.17. The summed E-state index contributed by atoms with van der Waals surface area (Å²) in [5, 5.41) is 0. The maximum absolute atomic E-state index is 12.7. The molecule has 0 aliphatic carbocycles. The van der Waals surface area contributed by atoms with Gasteiger partial charge in [-0.2, -0.15) is 0 Å². The van der Waals surface area contributed by atoms with Crippen LogP contribution in [-0.4, -0.2) is 17.7 Å². The second kappa shape index (κ2) is 14.8. The number of hydrogen-bond donors (Lipinski definition) is 0. The molecule has 0 N–H and O–H groups in total. The van der Waals surface area contributed by atoms with Crippen LogP contribution in [0.15, 0.2) is 18.2 Å². The first-order chi connectivity index (χ1) is 14.0. The molecule has 0 aromatic heterocycles. The van der Waals surface area contributed by atoms with Crippen LogP contribution in [-0.2, 0) is 20.9 Å². The molecule has 0 fully saturated rings. The number of ketones is 1. The molecule has 29 heavy (non-hydrogen) atoms. The van der Waals surface area contributed by atoms with Crippen LogP contribution in [0.1, 0.15) is 96.5 Å². The van der Waals surface area contributed by atoms with Gasteiger partial charge in [0.25, 0.3) is 0 Å². The Morgan fingerprint density at radius 3 is 2.14 bits per heavy atom. The van der Waals surface area contributed by atoms with Gasteiger partial charge in [-0.15, -0.1) is 0 Å². The predicted octanol–water partition coefficient (Wildman–Crippen LogP) is 6.13. The van der Waals surface area contributed by atoms with Gasteiger partial charge in [0.1, 0.15) is 12.4 Å². The number of unbranched alkanes of at least 4 members (excludes halogenated alkanes) is 1. The van der Waals surface area contributed by atoms with Gasteiger partial charge < -0.3 is 9.47 Å². The van der Waals surface area contributed by atoms with Crippen LogP contribution in [0.3, 0.4) is 0 Å². The molecule has 5 nitrogen and oxygen atoms in total. The third-order valence-corrected chi connectivity index (χ3v) is 4.61. The highest BCUT2D eigenvalue weighted by Gasteiger charge is 2.36. The number of Topliss-reactive ketones (excluding diaryl/α,β-unsaturated/α-hetero) is 1. The van der Waals surface area contributed by atoms with Crippen LogP contribution < -0.4 is 4.74 Å². The second-order valence-electron chi connectivity index (χ2n) is 6.55. The Morgan fingerprint density at radius 1 is 0.966 bits per heavy atom. The fraction of sp³-hybridized carbons (Fsp3) is 0.625. The topological polar surface area (TPSA) is 69.7 Å². The van der Waals surface area contributed by atoms with Crippen molar-refractivity contribution in [2.75, 3.05) is 0 Å². The van der Waals surface area contributed by atoms with Gasteiger partial charge in [0.05, 0.1) is 11.8 Å². The van der Waals surface area contributed by atoms with Crippen LogP contribution in [0.2, 0.25) is 0 Å². The minimum absolute atomic E-state index is 0.00325. The van der Waals surface area contributed by atoms with E-state index in [4.69, 9.17) is 9.47 Å². The molecular formula is C24H38O5. The van der Waals surface area contributed by atoms with E-state index in [1.54, 1.807) is 18.2 Å². The first kappa shape index (κ1) is 26.8. The number of ether oxygens (including phenoxy) is 2. The smallest absolute Gasteiger partial charge is 0.315 e. The number of benzene rings is 1. The molecule has 1 aromatic carbocycles. The zero-order chi connectivity index (χ0) is 22.4. The van der Waals surface area contributed by atoms with E-state index < -0.39 is 11.8 Å². The van der Waals surface area contributed by atoms with Crippen molar-refractivity contribution in [1.82, 2.24) is 0 Å². The summed E-state index contributed by atoms with van der Waals surface area (Å²) in [6.45, 7) is 13.5. The molecule has 164 valence electrons. The average molecular weight is 407 g/mol. The zero-order valence-corrected chi connectivity index (χ0v) is 19.2. The summed E-state index contributed by atoms with van der Waals surface area (Å²) in [6.07, 6.45) is 3.78. The van der Waals surface area contributed by atoms with Crippen molar-refractivity contribution in [2.45, 2.75) is 87.2 Å². The standard InChI is InChI=1S/C20H26O5.2C2H6/c1-4-6-8-17-16(7-5-2)19(22)24-12-15-11-14(13(3)21)9-10-18(15)25-20(17)23;2*1-2/h9-11,16-17H,4-8,12H2,1-3H3;2*1-2H3. The number of esters is 2. The minimum atomic E-state index is -0.495. The van der Waals surface area contributed by atoms with Gasteiger partial charge in [0.15, 0.2) is 5.78 Å². The molecule has 0 bridgehead atoms. The summed E-state index contributed by atoms with van der Waals surface area (Å²) in [6, 6.07) is 4.85. The van der Waals surface area contributed by atoms with Gasteiger partial charge in [-0.25, -0.2) is 0 Å². The average Bonchev–Trinajstić information content (AvgIpc) is 2.78. The van der Waals surface area contributed by atoms with E-state index >= 15 is 0 Å². The quantitative estimate of drug-likeness (QED) is 0.323. The second-order valence-corrected chi connectivity index (χ2v) is 6.55. The first-order valence-electron chi connectivity index (χ1n) is 11.0. The van der Waals surface area contributed by atoms with Crippen molar-refractivity contribution in [3.63, 3.8) is 0 Å². The maximum Gasteiger partial charge on any atom is 0.315 e. The van der Waals surface area contributed by atoms with E-state index in [1.807, 2.05) is 41.5 Å². The highest BCUT2D eigenvalue weighted by atomic mass is 16.6. The van der Waals surface area contributed by atoms with E-state index in [0.717, 1.165) is 19.3 Å². The Kier molecular flexibility index (Phi) is 13.7. The Balaban J connectivity index is 0.00000184. The number of hydrogen-bond acceptors (Lipinski definition) is 5. The normalized spacial score (nSPS) is 18.2. The Bertz CT molecular complexity index is 651. The van der Waals surface area contributed by atoms with Crippen molar-refractivity contribution < 1.29 is 23.9 Å². The number of carbonyl (C=O) groups is 3. The predicted molar refractivity (Wildman–Crippen MR) is 116 cm³/mol. The van der Waals surface area contributed by atoms with E-state index in [0.29, 0.717) is 29.7 Å². The van der Waals surface area contributed by atoms with Gasteiger partial charge in [-0.3, -0.25) is 14.4 Å². The van der Waals surface area contributed by atoms with E-state index in [-0.39, 0.29) is 24.3 Å². The molecule has 0 saturated heterocycles. The van der Waals surface area contributed by atoms with Crippen molar-refractivity contribution >= 4 is 17.7 Å². The lowest BCUT2D eigenvalue weighted by Crippen LogP contribution is -2.33. The largest absolute Gasteiger partial charge is 0.460 e. The first-order valence-corrected chi connectivity index (χ1v) is 11.0. The Labute approximate surface area is 176 Å². The molecule has 5 heteroatoms. The van der Waals surface area contributed by atoms with Gasteiger partial charge in [0.2, 0.25) is 0 Å². The van der Waals surface area contributed by atoms with Gasteiger partial charge in [0, 0.05) is 11.1 Å². The van der Waals surface area contributed by atoms with E-state index in [2.05, 4.69) is 0 Å². The van der Waals surface area contributed by atoms with Crippen molar-refractivity contribution in [3.8, 4) is 5.75 Å². The summed E-state index contributed by atoms with van der Waals surface area (Å²) in [4.78, 5) is 36.9. The summed E-state index contributed by atoms with van der Waals surface area (Å²) in [5.41, 5.74) is 1.04. The van der Waals surface area contributed by atoms with Crippen molar-refractivity contribution in [3.05, 3.63) is 29.3 Å². The number of rotatable bonds is 6. The number of fused-ring (bicyclic) bond motifs is 1. The van der Waals surface area contributed by atoms with Crippen LogP contribution >= 0.6 is 0 Å². The van der Waals surface area contributed by atoms with Crippen molar-refractivity contribution in [1.29, 1.82) is 0 Å². The lowest BCUT2D eigenvalue weighted by atomic mass is 9.85. The molecule has 0 radical (unpaired) electrons. The SMILES string of the molecule is CC.CC.CCCCC1C(=O)Oc2ccc(C(C)=O)cc2COC(=O)C1CCC. The number of cyclic esters (lactones) is 1. The van der Waals surface area contributed by atoms with E-state index in [9.17, 15) is 14.4 Å². The fourth-order valence-corrected chi connectivity index (χ4v) is 3.15. The molecule has 0 amide bonds. The Morgan fingerprint density at radius 2 is 1.59 bits per heavy atom. The van der Waals surface area contributed by atoms with Crippen LogP contribution in [0.5, 0.6) is 5.75 Å². The lowest BCUT2D eigenvalue weighted by Gasteiger charge is -2.22. The summed E-state index contributed by atoms with van der Waals surface area (Å²) < 4.78 is 11.1. The molecule has 0 saturated carbocycles. The van der Waals surface area contributed by atoms with Crippen LogP contribution in [0.25, 0.3) is 0 Å².